The fraction of sp³-hybridized carbons (Fsp3) is 1.00. The molecule has 0 heterocycles. The molecule has 38 valence electrons. The average molecular weight is 126 g/mol. The molecule has 0 aliphatic heterocycles. The van der Waals surface area contributed by atoms with E-state index in [4.69, 9.17) is 5.11 Å². The predicted octanol–water partition coefficient (Wildman–Crippen LogP) is -0.440. The van der Waals surface area contributed by atoms with Gasteiger partial charge in [-0.25, -0.2) is 0 Å². The Morgan fingerprint density at radius 2 is 1.33 bits per heavy atom. The van der Waals surface area contributed by atoms with Gasteiger partial charge in [0.1, 0.15) is 0 Å². The maximum atomic E-state index is 8.06. The van der Waals surface area contributed by atoms with Crippen molar-refractivity contribution in [3.63, 3.8) is 0 Å². The van der Waals surface area contributed by atoms with Crippen molar-refractivity contribution in [2.24, 2.45) is 0 Å². The molecule has 3 heteroatoms. The second kappa shape index (κ2) is 9.16. The van der Waals surface area contributed by atoms with Gasteiger partial charge >= 0.3 is 0 Å². The van der Waals surface area contributed by atoms with Crippen molar-refractivity contribution in [1.29, 1.82) is 0 Å². The normalized spacial score (nSPS) is 6.00. The van der Waals surface area contributed by atoms with Crippen molar-refractivity contribution in [2.45, 2.75) is 20.0 Å². The molecule has 0 saturated heterocycles. The SMILES string of the molecule is CC(C)O.O.[Ti]. The second-order valence-corrected chi connectivity index (χ2v) is 1.09. The summed E-state index contributed by atoms with van der Waals surface area (Å²) in [5.41, 5.74) is 0. The summed E-state index contributed by atoms with van der Waals surface area (Å²) in [6.45, 7) is 3.44. The third kappa shape index (κ3) is 152. The predicted molar refractivity (Wildman–Crippen MR) is 21.0 cm³/mol. The largest absolute Gasteiger partial charge is 0.412 e. The maximum absolute atomic E-state index is 8.06. The molecule has 0 amide bonds. The minimum absolute atomic E-state index is 0. The number of hydrogen-bond donors (Lipinski definition) is 1. The molecule has 2 nitrogen and oxygen atoms in total. The van der Waals surface area contributed by atoms with E-state index < -0.39 is 0 Å². The maximum Gasteiger partial charge on any atom is 0.0483 e. The summed E-state index contributed by atoms with van der Waals surface area (Å²) in [6.07, 6.45) is -0.167. The van der Waals surface area contributed by atoms with Gasteiger partial charge in [-0.05, 0) is 13.8 Å². The third-order valence-corrected chi connectivity index (χ3v) is 0. The first-order chi connectivity index (χ1) is 1.73. The van der Waals surface area contributed by atoms with Crippen molar-refractivity contribution in [3.8, 4) is 0 Å². The Morgan fingerprint density at radius 3 is 1.33 bits per heavy atom. The van der Waals surface area contributed by atoms with E-state index in [9.17, 15) is 0 Å². The Hall–Kier alpha value is 0.634. The molecule has 0 atom stereocenters. The van der Waals surface area contributed by atoms with Crippen molar-refractivity contribution in [3.05, 3.63) is 0 Å². The van der Waals surface area contributed by atoms with E-state index in [0.29, 0.717) is 0 Å². The van der Waals surface area contributed by atoms with Crippen molar-refractivity contribution < 1.29 is 32.3 Å². The van der Waals surface area contributed by atoms with Crippen LogP contribution in [-0.2, 0) is 21.7 Å². The van der Waals surface area contributed by atoms with Crippen LogP contribution in [0.4, 0.5) is 0 Å². The Labute approximate surface area is 52.8 Å². The molecule has 0 radical (unpaired) electrons. The zero-order chi connectivity index (χ0) is 3.58. The molecular weight excluding hydrogens is 116 g/mol. The van der Waals surface area contributed by atoms with Crippen LogP contribution in [0.15, 0.2) is 0 Å². The van der Waals surface area contributed by atoms with Crippen LogP contribution < -0.4 is 0 Å². The van der Waals surface area contributed by atoms with Crippen molar-refractivity contribution >= 4 is 0 Å². The number of aliphatic hydroxyl groups excluding tert-OH is 1. The minimum Gasteiger partial charge on any atom is -0.412 e. The monoisotopic (exact) mass is 126 g/mol. The van der Waals surface area contributed by atoms with Gasteiger partial charge in [0.25, 0.3) is 0 Å². The second-order valence-electron chi connectivity index (χ2n) is 1.09. The molecule has 0 aromatic rings. The van der Waals surface area contributed by atoms with E-state index in [2.05, 4.69) is 0 Å². The van der Waals surface area contributed by atoms with Gasteiger partial charge < -0.3 is 10.6 Å². The number of aliphatic hydroxyl groups is 1. The number of hydrogen-bond acceptors (Lipinski definition) is 1. The van der Waals surface area contributed by atoms with Gasteiger partial charge in [0.05, 0.1) is 0 Å². The molecule has 0 aromatic heterocycles. The van der Waals surface area contributed by atoms with Crippen LogP contribution in [0.3, 0.4) is 0 Å². The first kappa shape index (κ1) is 15.9. The number of rotatable bonds is 0. The molecule has 0 fully saturated rings. The Morgan fingerprint density at radius 1 is 1.33 bits per heavy atom. The molecule has 0 unspecified atom stereocenters. The first-order valence-electron chi connectivity index (χ1n) is 1.41. The fourth-order valence-corrected chi connectivity index (χ4v) is 0. The zero-order valence-electron chi connectivity index (χ0n) is 4.02. The van der Waals surface area contributed by atoms with E-state index >= 15 is 0 Å². The Bertz CT molecular complexity index is 13.5. The summed E-state index contributed by atoms with van der Waals surface area (Å²) in [5.74, 6) is 0. The smallest absolute Gasteiger partial charge is 0.0483 e. The molecule has 6 heavy (non-hydrogen) atoms. The van der Waals surface area contributed by atoms with Gasteiger partial charge in [0.2, 0.25) is 0 Å². The summed E-state index contributed by atoms with van der Waals surface area (Å²) in [4.78, 5) is 0. The summed E-state index contributed by atoms with van der Waals surface area (Å²) < 4.78 is 0. The summed E-state index contributed by atoms with van der Waals surface area (Å²) in [7, 11) is 0. The van der Waals surface area contributed by atoms with Gasteiger partial charge in [0.15, 0.2) is 0 Å². The molecule has 0 aliphatic carbocycles. The van der Waals surface area contributed by atoms with Gasteiger partial charge in [-0.2, -0.15) is 0 Å². The topological polar surface area (TPSA) is 51.7 Å². The van der Waals surface area contributed by atoms with Crippen LogP contribution in [0.5, 0.6) is 0 Å². The van der Waals surface area contributed by atoms with Crippen LogP contribution in [-0.4, -0.2) is 16.7 Å². The Balaban J connectivity index is -0.0000000450. The van der Waals surface area contributed by atoms with E-state index in [-0.39, 0.29) is 33.3 Å². The van der Waals surface area contributed by atoms with Crippen LogP contribution in [0, 0.1) is 0 Å². The van der Waals surface area contributed by atoms with Gasteiger partial charge in [-0.15, -0.1) is 0 Å². The van der Waals surface area contributed by atoms with E-state index in [0.717, 1.165) is 0 Å². The van der Waals surface area contributed by atoms with Gasteiger partial charge in [-0.3, -0.25) is 0 Å². The van der Waals surface area contributed by atoms with Gasteiger partial charge in [0, 0.05) is 27.8 Å². The fourth-order valence-electron chi connectivity index (χ4n) is 0. The summed E-state index contributed by atoms with van der Waals surface area (Å²) in [6, 6.07) is 0. The van der Waals surface area contributed by atoms with Crippen molar-refractivity contribution in [1.82, 2.24) is 0 Å². The van der Waals surface area contributed by atoms with Crippen LogP contribution in [0.25, 0.3) is 0 Å². The van der Waals surface area contributed by atoms with Crippen molar-refractivity contribution in [2.75, 3.05) is 0 Å². The van der Waals surface area contributed by atoms with E-state index in [1.54, 1.807) is 13.8 Å². The average Bonchev–Trinajstić information content (AvgIpc) is 0.811. The quantitative estimate of drug-likeness (QED) is 0.439. The minimum atomic E-state index is -0.167. The molecule has 0 rings (SSSR count). The van der Waals surface area contributed by atoms with E-state index in [1.165, 1.54) is 0 Å². The zero-order valence-corrected chi connectivity index (χ0v) is 5.59. The van der Waals surface area contributed by atoms with Crippen LogP contribution in [0.1, 0.15) is 13.8 Å². The molecule has 0 saturated carbocycles. The summed E-state index contributed by atoms with van der Waals surface area (Å²) in [5, 5.41) is 8.06. The molecular formula is C3H10O2Ti. The van der Waals surface area contributed by atoms with Crippen LogP contribution in [0.2, 0.25) is 0 Å². The first-order valence-corrected chi connectivity index (χ1v) is 1.41. The molecule has 0 bridgehead atoms. The standard InChI is InChI=1S/C3H8O.H2O.Ti/c1-3(2)4;;/h3-4H,1-2H3;1H2;. The summed E-state index contributed by atoms with van der Waals surface area (Å²) >= 11 is 0. The van der Waals surface area contributed by atoms with Crippen LogP contribution >= 0.6 is 0 Å². The molecule has 0 spiro atoms. The van der Waals surface area contributed by atoms with Gasteiger partial charge in [-0.1, -0.05) is 0 Å². The molecule has 0 aromatic carbocycles. The molecule has 0 aliphatic rings. The Kier molecular flexibility index (Phi) is 24.3. The van der Waals surface area contributed by atoms with E-state index in [1.807, 2.05) is 0 Å². The third-order valence-electron chi connectivity index (χ3n) is 0. The molecule has 3 N–H and O–H groups in total.